The molecule has 0 amide bonds. The summed E-state index contributed by atoms with van der Waals surface area (Å²) in [4.78, 5) is 2.38. The number of furan rings is 1. The number of fused-ring (bicyclic) bond motifs is 8. The Labute approximate surface area is 260 Å². The number of rotatable bonds is 4. The summed E-state index contributed by atoms with van der Waals surface area (Å²) in [5, 5.41) is 3.80. The lowest BCUT2D eigenvalue weighted by Crippen LogP contribution is -2.10. The normalized spacial score (nSPS) is 14.4. The maximum Gasteiger partial charge on any atom is 0.137 e. The highest BCUT2D eigenvalue weighted by atomic mass is 32.1. The van der Waals surface area contributed by atoms with Gasteiger partial charge in [0.2, 0.25) is 0 Å². The second-order valence-electron chi connectivity index (χ2n) is 11.7. The molecule has 210 valence electrons. The first-order valence-electron chi connectivity index (χ1n) is 15.3. The van der Waals surface area contributed by atoms with E-state index in [0.717, 1.165) is 35.5 Å². The van der Waals surface area contributed by atoms with Crippen LogP contribution in [0.5, 0.6) is 0 Å². The minimum absolute atomic E-state index is 0.302. The van der Waals surface area contributed by atoms with Crippen molar-refractivity contribution in [2.45, 2.75) is 18.8 Å². The summed E-state index contributed by atoms with van der Waals surface area (Å²) < 4.78 is 8.64. The monoisotopic (exact) mass is 583 g/mol. The Morgan fingerprint density at radius 3 is 2.25 bits per heavy atom. The molecule has 1 aliphatic rings. The summed E-state index contributed by atoms with van der Waals surface area (Å²) in [5.41, 5.74) is 11.2. The van der Waals surface area contributed by atoms with Crippen LogP contribution in [0.25, 0.3) is 42.3 Å². The Balaban J connectivity index is 1.13. The zero-order valence-corrected chi connectivity index (χ0v) is 24.9. The minimum atomic E-state index is 0.302. The van der Waals surface area contributed by atoms with Gasteiger partial charge in [-0.15, -0.1) is 11.3 Å². The first kappa shape index (κ1) is 25.4. The fraction of sp³-hybridized carbons (Fsp3) is 0.0732. The molecule has 0 aliphatic heterocycles. The van der Waals surface area contributed by atoms with Gasteiger partial charge in [-0.05, 0) is 89.7 Å². The van der Waals surface area contributed by atoms with E-state index < -0.39 is 0 Å². The van der Waals surface area contributed by atoms with E-state index in [1.165, 1.54) is 53.4 Å². The van der Waals surface area contributed by atoms with E-state index >= 15 is 0 Å². The smallest absolute Gasteiger partial charge is 0.137 e. The van der Waals surface area contributed by atoms with Gasteiger partial charge in [-0.1, -0.05) is 84.9 Å². The number of thiophene rings is 1. The lowest BCUT2D eigenvalue weighted by molar-refractivity contribution is 0.608. The lowest BCUT2D eigenvalue weighted by atomic mass is 9.86. The van der Waals surface area contributed by atoms with Gasteiger partial charge in [0.25, 0.3) is 0 Å². The van der Waals surface area contributed by atoms with Crippen LogP contribution >= 0.6 is 11.3 Å². The van der Waals surface area contributed by atoms with Gasteiger partial charge in [-0.25, -0.2) is 0 Å². The van der Waals surface area contributed by atoms with Gasteiger partial charge in [-0.2, -0.15) is 0 Å². The molecule has 0 fully saturated rings. The molecule has 1 atom stereocenters. The molecule has 1 aliphatic carbocycles. The number of nitrogens with zero attached hydrogens (tertiary/aromatic N) is 1. The molecule has 1 unspecified atom stereocenters. The van der Waals surface area contributed by atoms with E-state index in [2.05, 4.69) is 144 Å². The van der Waals surface area contributed by atoms with Gasteiger partial charge in [0, 0.05) is 54.1 Å². The van der Waals surface area contributed by atoms with E-state index in [4.69, 9.17) is 4.42 Å². The third kappa shape index (κ3) is 4.08. The third-order valence-corrected chi connectivity index (χ3v) is 10.4. The molecule has 0 radical (unpaired) electrons. The largest absolute Gasteiger partial charge is 0.464 e. The van der Waals surface area contributed by atoms with E-state index in [9.17, 15) is 0 Å². The fourth-order valence-electron chi connectivity index (χ4n) is 7.16. The Hall–Kier alpha value is -5.12. The third-order valence-electron chi connectivity index (χ3n) is 9.22. The van der Waals surface area contributed by atoms with Gasteiger partial charge in [0.15, 0.2) is 0 Å². The highest BCUT2D eigenvalue weighted by Crippen LogP contribution is 2.45. The van der Waals surface area contributed by atoms with E-state index in [1.807, 2.05) is 17.6 Å². The zero-order valence-electron chi connectivity index (χ0n) is 24.1. The van der Waals surface area contributed by atoms with Gasteiger partial charge in [-0.3, -0.25) is 0 Å². The van der Waals surface area contributed by atoms with Crippen molar-refractivity contribution in [1.29, 1.82) is 0 Å². The van der Waals surface area contributed by atoms with Gasteiger partial charge >= 0.3 is 0 Å². The Kier molecular flexibility index (Phi) is 5.92. The molecule has 0 saturated carbocycles. The molecule has 44 heavy (non-hydrogen) atoms. The Morgan fingerprint density at radius 1 is 0.591 bits per heavy atom. The van der Waals surface area contributed by atoms with Crippen molar-refractivity contribution >= 4 is 59.5 Å². The number of benzene rings is 6. The van der Waals surface area contributed by atoms with Crippen molar-refractivity contribution in [2.75, 3.05) is 4.90 Å². The summed E-state index contributed by atoms with van der Waals surface area (Å²) >= 11 is 1.86. The van der Waals surface area contributed by atoms with Gasteiger partial charge < -0.3 is 9.32 Å². The summed E-state index contributed by atoms with van der Waals surface area (Å²) in [6.07, 6.45) is 3.83. The van der Waals surface area contributed by atoms with E-state index in [1.54, 1.807) is 0 Å². The first-order valence-corrected chi connectivity index (χ1v) is 16.1. The van der Waals surface area contributed by atoms with E-state index in [-0.39, 0.29) is 0 Å². The Morgan fingerprint density at radius 2 is 1.34 bits per heavy atom. The predicted molar refractivity (Wildman–Crippen MR) is 186 cm³/mol. The predicted octanol–water partition coefficient (Wildman–Crippen LogP) is 12.0. The molecule has 6 aromatic carbocycles. The van der Waals surface area contributed by atoms with Crippen LogP contribution in [0.4, 0.5) is 17.1 Å². The second-order valence-corrected chi connectivity index (χ2v) is 12.7. The average Bonchev–Trinajstić information content (AvgIpc) is 3.67. The van der Waals surface area contributed by atoms with Crippen molar-refractivity contribution < 1.29 is 4.42 Å². The van der Waals surface area contributed by atoms with Crippen molar-refractivity contribution in [2.24, 2.45) is 0 Å². The number of hydrogen-bond acceptors (Lipinski definition) is 3. The average molecular weight is 584 g/mol. The minimum Gasteiger partial charge on any atom is -0.464 e. The van der Waals surface area contributed by atoms with Crippen molar-refractivity contribution in [3.05, 3.63) is 162 Å². The summed E-state index contributed by atoms with van der Waals surface area (Å²) in [6, 6.07) is 51.0. The topological polar surface area (TPSA) is 16.4 Å². The molecule has 0 saturated heterocycles. The maximum absolute atomic E-state index is 5.99. The Bertz CT molecular complexity index is 2290. The van der Waals surface area contributed by atoms with Crippen molar-refractivity contribution in [3.63, 3.8) is 0 Å². The van der Waals surface area contributed by atoms with Crippen LogP contribution in [0.1, 0.15) is 29.0 Å². The van der Waals surface area contributed by atoms with Crippen LogP contribution in [0.3, 0.4) is 0 Å². The highest BCUT2D eigenvalue weighted by molar-refractivity contribution is 7.25. The molecule has 0 N–H and O–H groups in total. The highest BCUT2D eigenvalue weighted by Gasteiger charge is 2.26. The lowest BCUT2D eigenvalue weighted by Gasteiger charge is -2.26. The van der Waals surface area contributed by atoms with Crippen molar-refractivity contribution in [3.8, 4) is 11.1 Å². The zero-order chi connectivity index (χ0) is 29.0. The second kappa shape index (κ2) is 10.3. The number of para-hydroxylation sites is 1. The standard InChI is InChI=1S/C41H29NOS/c1-2-8-29(9-3-1)42(31-19-23-40-38(26-31)36-12-6-7-13-39(36)44-40)30-17-14-27(15-18-30)32-21-22-37-35(34-11-5-4-10-33(32)34)20-16-28-24-25-43-41(28)37/h1-20,23-26,32H,21-22H2. The number of hydrogen-bond donors (Lipinski definition) is 0. The van der Waals surface area contributed by atoms with Crippen LogP contribution < -0.4 is 4.90 Å². The molecular formula is C41H29NOS. The number of anilines is 3. The molecule has 3 heteroatoms. The maximum atomic E-state index is 5.99. The fourth-order valence-corrected chi connectivity index (χ4v) is 8.25. The molecular weight excluding hydrogens is 555 g/mol. The van der Waals surface area contributed by atoms with Crippen LogP contribution in [-0.2, 0) is 6.42 Å². The molecule has 0 bridgehead atoms. The van der Waals surface area contributed by atoms with Crippen LogP contribution in [0.15, 0.2) is 150 Å². The molecule has 2 nitrogen and oxygen atoms in total. The molecule has 0 spiro atoms. The van der Waals surface area contributed by atoms with Gasteiger partial charge in [0.1, 0.15) is 5.58 Å². The van der Waals surface area contributed by atoms with Crippen LogP contribution in [0.2, 0.25) is 0 Å². The first-order chi connectivity index (χ1) is 21.8. The van der Waals surface area contributed by atoms with E-state index in [0.29, 0.717) is 5.92 Å². The van der Waals surface area contributed by atoms with Crippen LogP contribution in [0, 0.1) is 0 Å². The summed E-state index contributed by atoms with van der Waals surface area (Å²) in [6.45, 7) is 0. The van der Waals surface area contributed by atoms with Gasteiger partial charge in [0.05, 0.1) is 6.26 Å². The summed E-state index contributed by atoms with van der Waals surface area (Å²) in [5.74, 6) is 0.302. The SMILES string of the molecule is c1ccc(N(c2ccc(C3CCc4c(ccc5ccoc45)-c4ccccc43)cc2)c2ccc3sc4ccccc4c3c2)cc1. The molecule has 9 rings (SSSR count). The molecule has 2 aromatic heterocycles. The molecule has 2 heterocycles. The molecule has 8 aromatic rings. The van der Waals surface area contributed by atoms with Crippen molar-refractivity contribution in [1.82, 2.24) is 0 Å². The summed E-state index contributed by atoms with van der Waals surface area (Å²) in [7, 11) is 0. The number of aryl methyl sites for hydroxylation is 1. The quantitative estimate of drug-likeness (QED) is 0.205. The van der Waals surface area contributed by atoms with Crippen LogP contribution in [-0.4, -0.2) is 0 Å².